The van der Waals surface area contributed by atoms with Crippen LogP contribution in [0, 0.1) is 5.41 Å². The molecule has 4 nitrogen and oxygen atoms in total. The maximum atomic E-state index is 12.7. The lowest BCUT2D eigenvalue weighted by atomic mass is 9.81. The fourth-order valence-electron chi connectivity index (χ4n) is 3.74. The van der Waals surface area contributed by atoms with Crippen molar-refractivity contribution in [1.29, 1.82) is 0 Å². The number of nitrogens with zero attached hydrogens (tertiary/aromatic N) is 1. The van der Waals surface area contributed by atoms with Gasteiger partial charge in [-0.3, -0.25) is 9.69 Å². The number of likely N-dealkylation sites (tertiary alicyclic amines) is 1. The Labute approximate surface area is 170 Å². The van der Waals surface area contributed by atoms with E-state index in [0.717, 1.165) is 13.1 Å². The molecule has 0 aliphatic carbocycles. The fourth-order valence-corrected chi connectivity index (χ4v) is 5.37. The van der Waals surface area contributed by atoms with Gasteiger partial charge in [-0.05, 0) is 41.7 Å². The van der Waals surface area contributed by atoms with Gasteiger partial charge in [-0.15, -0.1) is 22.7 Å². The molecule has 3 rings (SSSR count). The zero-order valence-corrected chi connectivity index (χ0v) is 18.2. The molecule has 0 radical (unpaired) electrons. The molecule has 2 aromatic heterocycles. The van der Waals surface area contributed by atoms with E-state index in [9.17, 15) is 9.90 Å². The molecule has 27 heavy (non-hydrogen) atoms. The first-order valence-corrected chi connectivity index (χ1v) is 11.2. The van der Waals surface area contributed by atoms with Crippen molar-refractivity contribution in [2.24, 2.45) is 5.41 Å². The number of carbonyl (C=O) groups excluding carboxylic acids is 1. The number of thiophene rings is 2. The molecule has 0 aromatic carbocycles. The van der Waals surface area contributed by atoms with Gasteiger partial charge in [0.1, 0.15) is 0 Å². The van der Waals surface area contributed by atoms with Crippen molar-refractivity contribution < 1.29 is 9.90 Å². The van der Waals surface area contributed by atoms with Gasteiger partial charge in [0.15, 0.2) is 0 Å². The molecule has 0 bridgehead atoms. The van der Waals surface area contributed by atoms with Gasteiger partial charge in [-0.1, -0.05) is 32.9 Å². The van der Waals surface area contributed by atoms with Crippen LogP contribution in [0.4, 0.5) is 0 Å². The summed E-state index contributed by atoms with van der Waals surface area (Å²) < 4.78 is 0. The van der Waals surface area contributed by atoms with Gasteiger partial charge in [-0.25, -0.2) is 0 Å². The number of hydrogen-bond donors (Lipinski definition) is 2. The lowest BCUT2D eigenvalue weighted by Crippen LogP contribution is -2.62. The van der Waals surface area contributed by atoms with Gasteiger partial charge >= 0.3 is 0 Å². The van der Waals surface area contributed by atoms with Crippen LogP contribution in [0.25, 0.3) is 0 Å². The lowest BCUT2D eigenvalue weighted by Gasteiger charge is -2.48. The Hall–Kier alpha value is -1.21. The zero-order valence-electron chi connectivity index (χ0n) is 16.6. The van der Waals surface area contributed by atoms with Crippen LogP contribution < -0.4 is 5.32 Å². The third-order valence-corrected chi connectivity index (χ3v) is 6.87. The van der Waals surface area contributed by atoms with Crippen molar-refractivity contribution in [3.8, 4) is 0 Å². The lowest BCUT2D eigenvalue weighted by molar-refractivity contribution is -0.130. The molecule has 1 saturated heterocycles. The molecular formula is C21H30N2O2S2. The molecule has 0 spiro atoms. The van der Waals surface area contributed by atoms with Crippen LogP contribution in [0.2, 0.25) is 0 Å². The molecule has 3 atom stereocenters. The minimum Gasteiger partial charge on any atom is -0.388 e. The van der Waals surface area contributed by atoms with E-state index >= 15 is 0 Å². The second-order valence-corrected chi connectivity index (χ2v) is 10.9. The van der Waals surface area contributed by atoms with Crippen molar-refractivity contribution >= 4 is 28.6 Å². The van der Waals surface area contributed by atoms with Gasteiger partial charge in [0.05, 0.1) is 17.7 Å². The maximum absolute atomic E-state index is 12.7. The number of rotatable bonds is 5. The average Bonchev–Trinajstić information content (AvgIpc) is 3.22. The maximum Gasteiger partial charge on any atom is 0.220 e. The SMILES string of the molecule is CC(C)(C)CC(=O)N[C@H]1[C@H](c2cccs2)N(Cc2cccs2)CC[C@@]1(C)O. The zero-order chi connectivity index (χ0) is 19.7. The van der Waals surface area contributed by atoms with Crippen LogP contribution in [0.5, 0.6) is 0 Å². The van der Waals surface area contributed by atoms with Gasteiger partial charge in [0.25, 0.3) is 0 Å². The summed E-state index contributed by atoms with van der Waals surface area (Å²) in [6.07, 6.45) is 1.09. The third kappa shape index (κ3) is 5.19. The van der Waals surface area contributed by atoms with Crippen molar-refractivity contribution in [2.45, 2.75) is 64.8 Å². The van der Waals surface area contributed by atoms with Crippen LogP contribution in [0.1, 0.15) is 56.3 Å². The van der Waals surface area contributed by atoms with E-state index in [1.165, 1.54) is 9.75 Å². The van der Waals surface area contributed by atoms with Crippen LogP contribution in [0.3, 0.4) is 0 Å². The van der Waals surface area contributed by atoms with Crippen LogP contribution in [-0.2, 0) is 11.3 Å². The summed E-state index contributed by atoms with van der Waals surface area (Å²) in [6.45, 7) is 9.68. The van der Waals surface area contributed by atoms with E-state index in [2.05, 4.69) is 59.9 Å². The molecule has 148 valence electrons. The van der Waals surface area contributed by atoms with Crippen molar-refractivity contribution in [3.63, 3.8) is 0 Å². The summed E-state index contributed by atoms with van der Waals surface area (Å²) in [6, 6.07) is 8.01. The number of hydrogen-bond acceptors (Lipinski definition) is 5. The van der Waals surface area contributed by atoms with Crippen LogP contribution >= 0.6 is 22.7 Å². The molecule has 1 amide bonds. The molecule has 2 aromatic rings. The Bertz CT molecular complexity index is 733. The predicted molar refractivity (Wildman–Crippen MR) is 113 cm³/mol. The fraction of sp³-hybridized carbons (Fsp3) is 0.571. The van der Waals surface area contributed by atoms with E-state index in [-0.39, 0.29) is 23.4 Å². The monoisotopic (exact) mass is 406 g/mol. The van der Waals surface area contributed by atoms with Gasteiger partial charge < -0.3 is 10.4 Å². The number of amides is 1. The minimum atomic E-state index is -0.936. The molecule has 1 fully saturated rings. The minimum absolute atomic E-state index is 0.00676. The largest absolute Gasteiger partial charge is 0.388 e. The summed E-state index contributed by atoms with van der Waals surface area (Å²) in [4.78, 5) is 17.6. The van der Waals surface area contributed by atoms with Crippen LogP contribution in [0.15, 0.2) is 35.0 Å². The Morgan fingerprint density at radius 2 is 2.00 bits per heavy atom. The first kappa shape index (κ1) is 20.5. The number of carbonyl (C=O) groups is 1. The van der Waals surface area contributed by atoms with Gasteiger partial charge in [-0.2, -0.15) is 0 Å². The molecule has 2 N–H and O–H groups in total. The highest BCUT2D eigenvalue weighted by atomic mass is 32.1. The van der Waals surface area contributed by atoms with E-state index in [1.54, 1.807) is 22.7 Å². The highest BCUT2D eigenvalue weighted by molar-refractivity contribution is 7.10. The molecule has 0 unspecified atom stereocenters. The standard InChI is InChI=1S/C21H30N2O2S2/c1-20(2,3)13-17(24)22-19-18(16-8-6-12-27-16)23(10-9-21(19,4)25)14-15-7-5-11-26-15/h5-8,11-12,18-19,25H,9-10,13-14H2,1-4H3,(H,22,24)/t18-,19-,21+/m0/s1. The summed E-state index contributed by atoms with van der Waals surface area (Å²) in [5, 5.41) is 18.5. The van der Waals surface area contributed by atoms with E-state index in [0.29, 0.717) is 12.8 Å². The molecule has 6 heteroatoms. The highest BCUT2D eigenvalue weighted by Crippen LogP contribution is 2.40. The van der Waals surface area contributed by atoms with Crippen LogP contribution in [-0.4, -0.2) is 34.1 Å². The van der Waals surface area contributed by atoms with E-state index in [4.69, 9.17) is 0 Å². The first-order chi connectivity index (χ1) is 12.7. The third-order valence-electron chi connectivity index (χ3n) is 5.07. The molecular weight excluding hydrogens is 376 g/mol. The Balaban J connectivity index is 1.88. The summed E-state index contributed by atoms with van der Waals surface area (Å²) >= 11 is 3.44. The van der Waals surface area contributed by atoms with E-state index in [1.807, 2.05) is 13.0 Å². The Morgan fingerprint density at radius 1 is 1.30 bits per heavy atom. The van der Waals surface area contributed by atoms with E-state index < -0.39 is 5.60 Å². The predicted octanol–water partition coefficient (Wildman–Crippen LogP) is 4.43. The number of aliphatic hydroxyl groups is 1. The molecule has 0 saturated carbocycles. The quantitative estimate of drug-likeness (QED) is 0.772. The highest BCUT2D eigenvalue weighted by Gasteiger charge is 2.46. The van der Waals surface area contributed by atoms with Gasteiger partial charge in [0.2, 0.25) is 5.91 Å². The smallest absolute Gasteiger partial charge is 0.220 e. The first-order valence-electron chi connectivity index (χ1n) is 9.47. The van der Waals surface area contributed by atoms with Gasteiger partial charge in [0, 0.05) is 29.3 Å². The number of piperidine rings is 1. The average molecular weight is 407 g/mol. The molecule has 1 aliphatic heterocycles. The second-order valence-electron chi connectivity index (χ2n) is 8.90. The van der Waals surface area contributed by atoms with Crippen molar-refractivity contribution in [2.75, 3.05) is 6.54 Å². The topological polar surface area (TPSA) is 52.6 Å². The summed E-state index contributed by atoms with van der Waals surface area (Å²) in [5.41, 5.74) is -1.02. The normalized spacial score (nSPS) is 26.9. The molecule has 1 aliphatic rings. The number of nitrogens with one attached hydrogen (secondary N) is 1. The van der Waals surface area contributed by atoms with Crippen molar-refractivity contribution in [1.82, 2.24) is 10.2 Å². The second kappa shape index (κ2) is 8.03. The van der Waals surface area contributed by atoms with Crippen molar-refractivity contribution in [3.05, 3.63) is 44.8 Å². The Morgan fingerprint density at radius 3 is 2.59 bits per heavy atom. The Kier molecular flexibility index (Phi) is 6.11. The summed E-state index contributed by atoms with van der Waals surface area (Å²) in [7, 11) is 0. The summed E-state index contributed by atoms with van der Waals surface area (Å²) in [5.74, 6) is 0.00676. The molecule has 3 heterocycles.